The number of carbonyl (C=O) groups is 1. The van der Waals surface area contributed by atoms with Gasteiger partial charge in [-0.2, -0.15) is 0 Å². The van der Waals surface area contributed by atoms with Gasteiger partial charge in [-0.25, -0.2) is 0 Å². The summed E-state index contributed by atoms with van der Waals surface area (Å²) in [6.07, 6.45) is 6.77. The molecule has 1 amide bonds. The average Bonchev–Trinajstić information content (AvgIpc) is 3.33. The van der Waals surface area contributed by atoms with Gasteiger partial charge >= 0.3 is 0 Å². The third-order valence-electron chi connectivity index (χ3n) is 5.06. The topological polar surface area (TPSA) is 55.3 Å². The van der Waals surface area contributed by atoms with Crippen LogP contribution in [0.2, 0.25) is 0 Å². The zero-order valence-electron chi connectivity index (χ0n) is 16.5. The summed E-state index contributed by atoms with van der Waals surface area (Å²) in [6, 6.07) is 7.91. The van der Waals surface area contributed by atoms with Crippen molar-refractivity contribution >= 4 is 22.4 Å². The van der Waals surface area contributed by atoms with E-state index in [4.69, 9.17) is 4.74 Å². The first-order valence-corrected chi connectivity index (χ1v) is 10.8. The van der Waals surface area contributed by atoms with Crippen LogP contribution in [0, 0.1) is 5.92 Å². The van der Waals surface area contributed by atoms with Gasteiger partial charge in [0, 0.05) is 18.0 Å². The Bertz CT molecular complexity index is 736. The maximum Gasteiger partial charge on any atom is 0.229 e. The van der Waals surface area contributed by atoms with E-state index in [0.717, 1.165) is 28.7 Å². The van der Waals surface area contributed by atoms with Crippen LogP contribution >= 0.6 is 11.3 Å². The van der Waals surface area contributed by atoms with E-state index < -0.39 is 0 Å². The first-order chi connectivity index (χ1) is 13.1. The minimum absolute atomic E-state index is 0.0715. The fourth-order valence-corrected chi connectivity index (χ4v) is 4.65. The van der Waals surface area contributed by atoms with Crippen LogP contribution in [0.1, 0.15) is 59.3 Å². The van der Waals surface area contributed by atoms with Crippen molar-refractivity contribution in [3.8, 4) is 16.3 Å². The number of aromatic nitrogens is 2. The number of hydrogen-bond donors (Lipinski definition) is 0. The van der Waals surface area contributed by atoms with E-state index in [9.17, 15) is 4.79 Å². The van der Waals surface area contributed by atoms with Gasteiger partial charge < -0.3 is 4.74 Å². The number of ether oxygens (including phenoxy) is 1. The highest BCUT2D eigenvalue weighted by Crippen LogP contribution is 2.32. The van der Waals surface area contributed by atoms with Crippen molar-refractivity contribution in [3.63, 3.8) is 0 Å². The molecule has 3 rings (SSSR count). The van der Waals surface area contributed by atoms with Gasteiger partial charge in [-0.15, -0.1) is 10.2 Å². The maximum absolute atomic E-state index is 12.9. The highest BCUT2D eigenvalue weighted by molar-refractivity contribution is 7.18. The number of carbonyl (C=O) groups excluding carboxylic acids is 1. The Morgan fingerprint density at radius 2 is 1.93 bits per heavy atom. The quantitative estimate of drug-likeness (QED) is 0.615. The second-order valence-electron chi connectivity index (χ2n) is 7.39. The zero-order chi connectivity index (χ0) is 19.2. The minimum atomic E-state index is 0.0715. The molecule has 1 fully saturated rings. The van der Waals surface area contributed by atoms with Gasteiger partial charge in [0.1, 0.15) is 10.8 Å². The maximum atomic E-state index is 12.9. The molecule has 0 spiro atoms. The van der Waals surface area contributed by atoms with Crippen LogP contribution in [0.15, 0.2) is 24.3 Å². The molecule has 6 heteroatoms. The molecule has 1 aromatic heterocycles. The molecule has 1 aliphatic rings. The summed E-state index contributed by atoms with van der Waals surface area (Å²) in [7, 11) is 0. The molecule has 27 heavy (non-hydrogen) atoms. The van der Waals surface area contributed by atoms with Crippen LogP contribution < -0.4 is 9.64 Å². The van der Waals surface area contributed by atoms with Gasteiger partial charge in [0.2, 0.25) is 11.0 Å². The van der Waals surface area contributed by atoms with E-state index in [1.807, 2.05) is 49.9 Å². The molecule has 0 unspecified atom stereocenters. The van der Waals surface area contributed by atoms with Crippen LogP contribution in [0.5, 0.6) is 5.75 Å². The molecule has 146 valence electrons. The number of rotatable bonds is 8. The summed E-state index contributed by atoms with van der Waals surface area (Å²) in [6.45, 7) is 6.68. The molecule has 1 aromatic carbocycles. The summed E-state index contributed by atoms with van der Waals surface area (Å²) >= 11 is 1.47. The molecule has 0 radical (unpaired) electrons. The Hall–Kier alpha value is -1.95. The van der Waals surface area contributed by atoms with E-state index in [1.165, 1.54) is 37.0 Å². The lowest BCUT2D eigenvalue weighted by atomic mass is 10.0. The molecule has 5 nitrogen and oxygen atoms in total. The predicted octanol–water partition coefficient (Wildman–Crippen LogP) is 5.32. The highest BCUT2D eigenvalue weighted by atomic mass is 32.1. The molecule has 2 aromatic rings. The van der Waals surface area contributed by atoms with Crippen LogP contribution in [-0.2, 0) is 4.79 Å². The lowest BCUT2D eigenvalue weighted by Crippen LogP contribution is -2.37. The molecular formula is C21H29N3O2S. The fourth-order valence-electron chi connectivity index (χ4n) is 3.65. The largest absolute Gasteiger partial charge is 0.494 e. The number of amides is 1. The van der Waals surface area contributed by atoms with Gasteiger partial charge in [0.15, 0.2) is 0 Å². The van der Waals surface area contributed by atoms with Gasteiger partial charge in [-0.3, -0.25) is 9.69 Å². The van der Waals surface area contributed by atoms with E-state index in [-0.39, 0.29) is 11.9 Å². The van der Waals surface area contributed by atoms with Crippen LogP contribution in [0.3, 0.4) is 0 Å². The van der Waals surface area contributed by atoms with E-state index in [0.29, 0.717) is 18.2 Å². The van der Waals surface area contributed by atoms with Crippen molar-refractivity contribution in [2.45, 2.75) is 65.3 Å². The third kappa shape index (κ3) is 5.06. The van der Waals surface area contributed by atoms with E-state index in [1.54, 1.807) is 0 Å². The minimum Gasteiger partial charge on any atom is -0.494 e. The molecule has 0 aliphatic heterocycles. The van der Waals surface area contributed by atoms with Crippen LogP contribution in [0.4, 0.5) is 5.13 Å². The van der Waals surface area contributed by atoms with Gasteiger partial charge in [-0.05, 0) is 57.4 Å². The van der Waals surface area contributed by atoms with Crippen molar-refractivity contribution in [3.05, 3.63) is 24.3 Å². The monoisotopic (exact) mass is 387 g/mol. The van der Waals surface area contributed by atoms with E-state index >= 15 is 0 Å². The predicted molar refractivity (Wildman–Crippen MR) is 110 cm³/mol. The standard InChI is InChI=1S/C21H29N3O2S/c1-4-26-18-12-10-17(11-13-18)20-22-23-21(27-20)24(15(2)3)19(25)14-9-16-7-5-6-8-16/h10-13,15-16H,4-9,14H2,1-3H3. The summed E-state index contributed by atoms with van der Waals surface area (Å²) < 4.78 is 5.49. The smallest absolute Gasteiger partial charge is 0.229 e. The van der Waals surface area contributed by atoms with Gasteiger partial charge in [0.05, 0.1) is 6.61 Å². The van der Waals surface area contributed by atoms with Crippen LogP contribution in [-0.4, -0.2) is 28.8 Å². The Balaban J connectivity index is 1.69. The molecule has 1 aliphatic carbocycles. The normalized spacial score (nSPS) is 14.7. The highest BCUT2D eigenvalue weighted by Gasteiger charge is 2.25. The van der Waals surface area contributed by atoms with Crippen molar-refractivity contribution < 1.29 is 9.53 Å². The lowest BCUT2D eigenvalue weighted by Gasteiger charge is -2.24. The van der Waals surface area contributed by atoms with Crippen LogP contribution in [0.25, 0.3) is 10.6 Å². The molecule has 0 saturated heterocycles. The molecule has 0 bridgehead atoms. The zero-order valence-corrected chi connectivity index (χ0v) is 17.3. The van der Waals surface area contributed by atoms with Crippen molar-refractivity contribution in [2.24, 2.45) is 5.92 Å². The summed E-state index contributed by atoms with van der Waals surface area (Å²) in [5.74, 6) is 1.72. The second kappa shape index (κ2) is 9.31. The summed E-state index contributed by atoms with van der Waals surface area (Å²) in [4.78, 5) is 14.7. The summed E-state index contributed by atoms with van der Waals surface area (Å²) in [5.41, 5.74) is 0.990. The molecule has 0 atom stereocenters. The molecular weight excluding hydrogens is 358 g/mol. The van der Waals surface area contributed by atoms with Crippen molar-refractivity contribution in [2.75, 3.05) is 11.5 Å². The number of benzene rings is 1. The van der Waals surface area contributed by atoms with Crippen molar-refractivity contribution in [1.29, 1.82) is 0 Å². The third-order valence-corrected chi connectivity index (χ3v) is 6.03. The SMILES string of the molecule is CCOc1ccc(-c2nnc(N(C(=O)CCC3CCCC3)C(C)C)s2)cc1. The Morgan fingerprint density at radius 1 is 1.22 bits per heavy atom. The number of nitrogens with zero attached hydrogens (tertiary/aromatic N) is 3. The molecule has 0 N–H and O–H groups in total. The lowest BCUT2D eigenvalue weighted by molar-refractivity contribution is -0.119. The second-order valence-corrected chi connectivity index (χ2v) is 8.35. The van der Waals surface area contributed by atoms with Crippen molar-refractivity contribution in [1.82, 2.24) is 10.2 Å². The first-order valence-electron chi connectivity index (χ1n) is 9.97. The van der Waals surface area contributed by atoms with E-state index in [2.05, 4.69) is 10.2 Å². The Morgan fingerprint density at radius 3 is 2.56 bits per heavy atom. The van der Waals surface area contributed by atoms with Gasteiger partial charge in [-0.1, -0.05) is 37.0 Å². The molecule has 1 heterocycles. The number of anilines is 1. The first kappa shape index (κ1) is 19.8. The summed E-state index contributed by atoms with van der Waals surface area (Å²) in [5, 5.41) is 10.1. The van der Waals surface area contributed by atoms with Gasteiger partial charge in [0.25, 0.3) is 0 Å². The number of hydrogen-bond acceptors (Lipinski definition) is 5. The Labute approximate surface area is 165 Å². The average molecular weight is 388 g/mol. The fraction of sp³-hybridized carbons (Fsp3) is 0.571. The molecule has 1 saturated carbocycles. The Kier molecular flexibility index (Phi) is 6.83.